The Morgan fingerprint density at radius 2 is 1.94 bits per heavy atom. The van der Waals surface area contributed by atoms with E-state index in [1.807, 2.05) is 37.3 Å². The maximum absolute atomic E-state index is 11.9. The number of rotatable bonds is 1. The first-order valence-electron chi connectivity index (χ1n) is 4.87. The summed E-state index contributed by atoms with van der Waals surface area (Å²) in [6, 6.07) is 9.88. The number of hydrogen-bond acceptors (Lipinski definition) is 3. The lowest BCUT2D eigenvalue weighted by Crippen LogP contribution is -2.22. The SMILES string of the molecule is C/C(=C1\SC(=S)N(C)C1=O)c1ccccc1. The third kappa shape index (κ3) is 1.90. The lowest BCUT2D eigenvalue weighted by atomic mass is 10.1. The van der Waals surface area contributed by atoms with Crippen LogP contribution in [0.5, 0.6) is 0 Å². The fraction of sp³-hybridized carbons (Fsp3) is 0.167. The summed E-state index contributed by atoms with van der Waals surface area (Å²) >= 11 is 6.47. The van der Waals surface area contributed by atoms with Gasteiger partial charge in [-0.2, -0.15) is 0 Å². The van der Waals surface area contributed by atoms with Crippen LogP contribution in [0.1, 0.15) is 12.5 Å². The largest absolute Gasteiger partial charge is 0.296 e. The molecule has 0 atom stereocenters. The number of thiocarbonyl (C=S) groups is 1. The van der Waals surface area contributed by atoms with Crippen LogP contribution in [0.3, 0.4) is 0 Å². The molecule has 0 radical (unpaired) electrons. The first-order valence-corrected chi connectivity index (χ1v) is 6.10. The van der Waals surface area contributed by atoms with Crippen molar-refractivity contribution >= 4 is 39.8 Å². The zero-order valence-electron chi connectivity index (χ0n) is 9.06. The van der Waals surface area contributed by atoms with Crippen molar-refractivity contribution < 1.29 is 4.79 Å². The maximum Gasteiger partial charge on any atom is 0.266 e. The minimum atomic E-state index is -0.00338. The smallest absolute Gasteiger partial charge is 0.266 e. The van der Waals surface area contributed by atoms with E-state index in [2.05, 4.69) is 0 Å². The Labute approximate surface area is 104 Å². The van der Waals surface area contributed by atoms with Crippen LogP contribution in [0.15, 0.2) is 35.2 Å². The molecule has 2 rings (SSSR count). The minimum absolute atomic E-state index is 0.00338. The summed E-state index contributed by atoms with van der Waals surface area (Å²) in [7, 11) is 1.71. The average Bonchev–Trinajstić information content (AvgIpc) is 2.57. The Balaban J connectivity index is 2.44. The summed E-state index contributed by atoms with van der Waals surface area (Å²) < 4.78 is 0.621. The highest BCUT2D eigenvalue weighted by atomic mass is 32.2. The Kier molecular flexibility index (Phi) is 3.12. The minimum Gasteiger partial charge on any atom is -0.296 e. The van der Waals surface area contributed by atoms with Gasteiger partial charge in [-0.3, -0.25) is 9.69 Å². The van der Waals surface area contributed by atoms with Crippen LogP contribution in [0, 0.1) is 0 Å². The first kappa shape index (κ1) is 11.4. The van der Waals surface area contributed by atoms with E-state index in [1.165, 1.54) is 16.7 Å². The second-order valence-corrected chi connectivity index (χ2v) is 5.20. The highest BCUT2D eigenvalue weighted by Gasteiger charge is 2.30. The second-order valence-electron chi connectivity index (χ2n) is 3.55. The van der Waals surface area contributed by atoms with E-state index in [-0.39, 0.29) is 5.91 Å². The molecule has 0 aliphatic carbocycles. The summed E-state index contributed by atoms with van der Waals surface area (Å²) in [5, 5.41) is 0. The lowest BCUT2D eigenvalue weighted by Gasteiger charge is -2.05. The van der Waals surface area contributed by atoms with Gasteiger partial charge in [-0.05, 0) is 18.1 Å². The van der Waals surface area contributed by atoms with Gasteiger partial charge in [0.25, 0.3) is 5.91 Å². The van der Waals surface area contributed by atoms with Crippen LogP contribution >= 0.6 is 24.0 Å². The number of benzene rings is 1. The van der Waals surface area contributed by atoms with Crippen molar-refractivity contribution in [3.8, 4) is 0 Å². The van der Waals surface area contributed by atoms with Crippen LogP contribution in [-0.2, 0) is 4.79 Å². The molecule has 4 heteroatoms. The molecule has 0 spiro atoms. The topological polar surface area (TPSA) is 20.3 Å². The Bertz CT molecular complexity index is 479. The van der Waals surface area contributed by atoms with E-state index in [0.717, 1.165) is 16.0 Å². The summed E-state index contributed by atoms with van der Waals surface area (Å²) in [5.74, 6) is -0.00338. The van der Waals surface area contributed by atoms with Gasteiger partial charge in [-0.25, -0.2) is 0 Å². The molecule has 1 aromatic carbocycles. The Morgan fingerprint density at radius 1 is 1.31 bits per heavy atom. The van der Waals surface area contributed by atoms with Gasteiger partial charge in [-0.1, -0.05) is 54.3 Å². The van der Waals surface area contributed by atoms with Gasteiger partial charge in [0, 0.05) is 7.05 Å². The van der Waals surface area contributed by atoms with Crippen LogP contribution in [0.2, 0.25) is 0 Å². The number of likely N-dealkylation sites (N-methyl/N-ethyl adjacent to an activating group) is 1. The summed E-state index contributed by atoms with van der Waals surface area (Å²) in [4.78, 5) is 14.1. The van der Waals surface area contributed by atoms with Crippen molar-refractivity contribution in [2.24, 2.45) is 0 Å². The quantitative estimate of drug-likeness (QED) is 0.564. The molecule has 1 heterocycles. The van der Waals surface area contributed by atoms with E-state index < -0.39 is 0 Å². The van der Waals surface area contributed by atoms with Crippen LogP contribution < -0.4 is 0 Å². The number of thioether (sulfide) groups is 1. The Morgan fingerprint density at radius 3 is 2.44 bits per heavy atom. The fourth-order valence-electron chi connectivity index (χ4n) is 1.49. The van der Waals surface area contributed by atoms with Crippen LogP contribution in [0.4, 0.5) is 0 Å². The number of allylic oxidation sites excluding steroid dienone is 1. The van der Waals surface area contributed by atoms with Crippen molar-refractivity contribution in [1.29, 1.82) is 0 Å². The van der Waals surface area contributed by atoms with Crippen LogP contribution in [-0.4, -0.2) is 22.2 Å². The van der Waals surface area contributed by atoms with Gasteiger partial charge in [-0.15, -0.1) is 0 Å². The number of carbonyl (C=O) groups excluding carboxylic acids is 1. The predicted molar refractivity (Wildman–Crippen MR) is 72.0 cm³/mol. The first-order chi connectivity index (χ1) is 7.61. The predicted octanol–water partition coefficient (Wildman–Crippen LogP) is 2.91. The molecule has 2 nitrogen and oxygen atoms in total. The molecule has 0 saturated carbocycles. The molecule has 16 heavy (non-hydrogen) atoms. The van der Waals surface area contributed by atoms with Crippen molar-refractivity contribution in [3.63, 3.8) is 0 Å². The molecular weight excluding hydrogens is 238 g/mol. The fourth-order valence-corrected chi connectivity index (χ4v) is 2.71. The molecule has 1 amide bonds. The molecule has 0 unspecified atom stereocenters. The van der Waals surface area contributed by atoms with Gasteiger partial charge in [0.1, 0.15) is 4.32 Å². The van der Waals surface area contributed by atoms with Gasteiger partial charge < -0.3 is 0 Å². The van der Waals surface area contributed by atoms with E-state index in [4.69, 9.17) is 12.2 Å². The van der Waals surface area contributed by atoms with E-state index in [1.54, 1.807) is 7.05 Å². The summed E-state index contributed by atoms with van der Waals surface area (Å²) in [6.45, 7) is 1.96. The molecule has 82 valence electrons. The highest BCUT2D eigenvalue weighted by Crippen LogP contribution is 2.35. The number of hydrogen-bond donors (Lipinski definition) is 0. The zero-order chi connectivity index (χ0) is 11.7. The Hall–Kier alpha value is -1.13. The molecule has 1 saturated heterocycles. The van der Waals surface area contributed by atoms with Crippen LogP contribution in [0.25, 0.3) is 5.57 Å². The molecule has 0 N–H and O–H groups in total. The highest BCUT2D eigenvalue weighted by molar-refractivity contribution is 8.26. The van der Waals surface area contributed by atoms with Gasteiger partial charge in [0.05, 0.1) is 4.91 Å². The molecular formula is C12H11NOS2. The van der Waals surface area contributed by atoms with E-state index >= 15 is 0 Å². The molecule has 1 fully saturated rings. The molecule has 1 aromatic rings. The second kappa shape index (κ2) is 4.39. The third-order valence-corrected chi connectivity index (χ3v) is 4.17. The summed E-state index contributed by atoms with van der Waals surface area (Å²) in [6.07, 6.45) is 0. The summed E-state index contributed by atoms with van der Waals surface area (Å²) in [5.41, 5.74) is 2.05. The van der Waals surface area contributed by atoms with Crippen molar-refractivity contribution in [2.45, 2.75) is 6.92 Å². The van der Waals surface area contributed by atoms with E-state index in [9.17, 15) is 4.79 Å². The van der Waals surface area contributed by atoms with E-state index in [0.29, 0.717) is 4.32 Å². The third-order valence-electron chi connectivity index (χ3n) is 2.51. The van der Waals surface area contributed by atoms with Crippen molar-refractivity contribution in [3.05, 3.63) is 40.8 Å². The van der Waals surface area contributed by atoms with Gasteiger partial charge in [0.2, 0.25) is 0 Å². The van der Waals surface area contributed by atoms with Crippen molar-refractivity contribution in [2.75, 3.05) is 7.05 Å². The average molecular weight is 249 g/mol. The van der Waals surface area contributed by atoms with Crippen molar-refractivity contribution in [1.82, 2.24) is 4.90 Å². The maximum atomic E-state index is 11.9. The standard InChI is InChI=1S/C12H11NOS2/c1-8(9-6-4-3-5-7-9)10-11(14)13(2)12(15)16-10/h3-7H,1-2H3/b10-8+. The number of nitrogens with zero attached hydrogens (tertiary/aromatic N) is 1. The zero-order valence-corrected chi connectivity index (χ0v) is 10.7. The molecule has 0 bridgehead atoms. The molecule has 1 aliphatic rings. The number of amides is 1. The monoisotopic (exact) mass is 249 g/mol. The lowest BCUT2D eigenvalue weighted by molar-refractivity contribution is -0.121. The molecule has 0 aromatic heterocycles. The van der Waals surface area contributed by atoms with Gasteiger partial charge in [0.15, 0.2) is 0 Å². The molecule has 1 aliphatic heterocycles. The normalized spacial score (nSPS) is 19.2. The number of carbonyl (C=O) groups is 1. The van der Waals surface area contributed by atoms with Gasteiger partial charge >= 0.3 is 0 Å².